The SMILES string of the molecule is COC(=O)c1ccc2c(=O)n(C[C@H]3CCCO3)c(SCC(=O)c3c(C)cc(C)cc3C)nc2c1. The molecule has 2 heterocycles. The number of esters is 1. The second kappa shape index (κ2) is 10.1. The molecular formula is C26H28N2O5S. The number of thioether (sulfide) groups is 1. The Morgan fingerprint density at radius 1 is 1.18 bits per heavy atom. The van der Waals surface area contributed by atoms with Crippen LogP contribution in [0.5, 0.6) is 0 Å². The Balaban J connectivity index is 1.71. The summed E-state index contributed by atoms with van der Waals surface area (Å²) in [5.41, 5.74) is 4.20. The van der Waals surface area contributed by atoms with E-state index in [0.717, 1.165) is 29.5 Å². The van der Waals surface area contributed by atoms with E-state index in [1.807, 2.05) is 32.9 Å². The van der Waals surface area contributed by atoms with Crippen molar-refractivity contribution in [3.63, 3.8) is 0 Å². The van der Waals surface area contributed by atoms with Gasteiger partial charge in [0.15, 0.2) is 10.9 Å². The van der Waals surface area contributed by atoms with Gasteiger partial charge in [0.25, 0.3) is 5.56 Å². The van der Waals surface area contributed by atoms with Crippen LogP contribution in [0.2, 0.25) is 0 Å². The summed E-state index contributed by atoms with van der Waals surface area (Å²) in [7, 11) is 1.31. The summed E-state index contributed by atoms with van der Waals surface area (Å²) < 4.78 is 12.2. The van der Waals surface area contributed by atoms with Crippen LogP contribution >= 0.6 is 11.8 Å². The number of hydrogen-bond acceptors (Lipinski definition) is 7. The van der Waals surface area contributed by atoms with E-state index in [1.54, 1.807) is 22.8 Å². The van der Waals surface area contributed by atoms with E-state index in [1.165, 1.54) is 18.9 Å². The van der Waals surface area contributed by atoms with Crippen LogP contribution in [0.1, 0.15) is 50.2 Å². The van der Waals surface area contributed by atoms with Crippen LogP contribution in [0.3, 0.4) is 0 Å². The largest absolute Gasteiger partial charge is 0.465 e. The highest BCUT2D eigenvalue weighted by molar-refractivity contribution is 7.99. The van der Waals surface area contributed by atoms with Crippen molar-refractivity contribution < 1.29 is 19.1 Å². The molecule has 1 saturated heterocycles. The van der Waals surface area contributed by atoms with Gasteiger partial charge in [0, 0.05) is 12.2 Å². The first-order chi connectivity index (χ1) is 16.3. The Morgan fingerprint density at radius 2 is 1.91 bits per heavy atom. The van der Waals surface area contributed by atoms with Crippen LogP contribution in [-0.2, 0) is 16.0 Å². The highest BCUT2D eigenvalue weighted by atomic mass is 32.2. The van der Waals surface area contributed by atoms with E-state index < -0.39 is 5.97 Å². The fraction of sp³-hybridized carbons (Fsp3) is 0.385. The Kier molecular flexibility index (Phi) is 7.19. The number of fused-ring (bicyclic) bond motifs is 1. The first-order valence-electron chi connectivity index (χ1n) is 11.3. The quantitative estimate of drug-likeness (QED) is 0.216. The topological polar surface area (TPSA) is 87.5 Å². The van der Waals surface area contributed by atoms with Crippen molar-refractivity contribution in [2.24, 2.45) is 0 Å². The summed E-state index contributed by atoms with van der Waals surface area (Å²) in [4.78, 5) is 43.2. The molecule has 34 heavy (non-hydrogen) atoms. The van der Waals surface area contributed by atoms with E-state index in [0.29, 0.717) is 40.3 Å². The van der Waals surface area contributed by atoms with Crippen molar-refractivity contribution >= 4 is 34.4 Å². The van der Waals surface area contributed by atoms with E-state index in [-0.39, 0.29) is 23.2 Å². The van der Waals surface area contributed by atoms with Crippen LogP contribution in [0.4, 0.5) is 0 Å². The summed E-state index contributed by atoms with van der Waals surface area (Å²) in [5.74, 6) is -0.367. The number of aromatic nitrogens is 2. The molecule has 1 aliphatic heterocycles. The van der Waals surface area contributed by atoms with Gasteiger partial charge in [-0.3, -0.25) is 14.2 Å². The highest BCUT2D eigenvalue weighted by Gasteiger charge is 2.22. The smallest absolute Gasteiger partial charge is 0.337 e. The fourth-order valence-corrected chi connectivity index (χ4v) is 5.41. The van der Waals surface area contributed by atoms with Crippen LogP contribution in [0.25, 0.3) is 10.9 Å². The van der Waals surface area contributed by atoms with Gasteiger partial charge in [0.2, 0.25) is 0 Å². The van der Waals surface area contributed by atoms with E-state index >= 15 is 0 Å². The zero-order chi connectivity index (χ0) is 24.4. The number of methoxy groups -OCH3 is 1. The third-order valence-electron chi connectivity index (χ3n) is 6.04. The van der Waals surface area contributed by atoms with Crippen LogP contribution in [-0.4, -0.2) is 46.9 Å². The van der Waals surface area contributed by atoms with Crippen molar-refractivity contribution in [1.29, 1.82) is 0 Å². The molecule has 0 spiro atoms. The molecule has 1 aliphatic rings. The number of nitrogens with zero attached hydrogens (tertiary/aromatic N) is 2. The van der Waals surface area contributed by atoms with Gasteiger partial charge in [-0.25, -0.2) is 9.78 Å². The Morgan fingerprint density at radius 3 is 2.56 bits per heavy atom. The molecule has 3 aromatic rings. The van der Waals surface area contributed by atoms with E-state index in [4.69, 9.17) is 14.5 Å². The molecule has 7 nitrogen and oxygen atoms in total. The number of benzene rings is 2. The van der Waals surface area contributed by atoms with Crippen molar-refractivity contribution in [3.8, 4) is 0 Å². The second-order valence-electron chi connectivity index (χ2n) is 8.65. The highest BCUT2D eigenvalue weighted by Crippen LogP contribution is 2.24. The normalized spacial score (nSPS) is 15.6. The van der Waals surface area contributed by atoms with E-state index in [2.05, 4.69) is 0 Å². The first-order valence-corrected chi connectivity index (χ1v) is 12.3. The number of carbonyl (C=O) groups is 2. The molecule has 1 fully saturated rings. The number of hydrogen-bond donors (Lipinski definition) is 0. The van der Waals surface area contributed by atoms with Crippen LogP contribution in [0, 0.1) is 20.8 Å². The molecule has 4 rings (SSSR count). The molecule has 0 radical (unpaired) electrons. The summed E-state index contributed by atoms with van der Waals surface area (Å²) in [6.07, 6.45) is 1.76. The Bertz CT molecular complexity index is 1300. The molecule has 0 unspecified atom stereocenters. The summed E-state index contributed by atoms with van der Waals surface area (Å²) >= 11 is 1.23. The van der Waals surface area contributed by atoms with Crippen molar-refractivity contribution in [1.82, 2.24) is 9.55 Å². The zero-order valence-electron chi connectivity index (χ0n) is 19.8. The van der Waals surface area contributed by atoms with Crippen LogP contribution < -0.4 is 5.56 Å². The minimum atomic E-state index is -0.498. The zero-order valence-corrected chi connectivity index (χ0v) is 20.7. The lowest BCUT2D eigenvalue weighted by molar-refractivity contribution is 0.0600. The molecule has 1 aromatic heterocycles. The molecule has 0 N–H and O–H groups in total. The Labute approximate surface area is 202 Å². The lowest BCUT2D eigenvalue weighted by Gasteiger charge is -2.17. The van der Waals surface area contributed by atoms with Gasteiger partial charge in [-0.1, -0.05) is 29.5 Å². The maximum atomic E-state index is 13.4. The molecule has 178 valence electrons. The minimum absolute atomic E-state index is 0.0127. The van der Waals surface area contributed by atoms with Gasteiger partial charge in [-0.05, 0) is 62.9 Å². The summed E-state index contributed by atoms with van der Waals surface area (Å²) in [5, 5.41) is 0.845. The molecule has 0 amide bonds. The van der Waals surface area contributed by atoms with Crippen LogP contribution in [0.15, 0.2) is 40.3 Å². The summed E-state index contributed by atoms with van der Waals surface area (Å²) in [6, 6.07) is 8.72. The molecule has 8 heteroatoms. The molecule has 0 bridgehead atoms. The number of Topliss-reactive ketones (excluding diaryl/α,β-unsaturated/α-hetero) is 1. The predicted octanol–water partition coefficient (Wildman–Crippen LogP) is 4.26. The van der Waals surface area contributed by atoms with Crippen molar-refractivity contribution in [3.05, 3.63) is 68.5 Å². The monoisotopic (exact) mass is 480 g/mol. The lowest BCUT2D eigenvalue weighted by atomic mass is 9.97. The molecule has 1 atom stereocenters. The number of carbonyl (C=O) groups excluding carboxylic acids is 2. The fourth-order valence-electron chi connectivity index (χ4n) is 4.53. The van der Waals surface area contributed by atoms with Gasteiger partial charge in [-0.2, -0.15) is 0 Å². The third kappa shape index (κ3) is 4.93. The van der Waals surface area contributed by atoms with Gasteiger partial charge in [0.05, 0.1) is 42.0 Å². The molecule has 2 aromatic carbocycles. The Hall–Kier alpha value is -2.97. The third-order valence-corrected chi connectivity index (χ3v) is 7.02. The lowest BCUT2D eigenvalue weighted by Crippen LogP contribution is -2.29. The molecular weight excluding hydrogens is 452 g/mol. The average Bonchev–Trinajstić information content (AvgIpc) is 3.31. The average molecular weight is 481 g/mol. The molecule has 0 saturated carbocycles. The van der Waals surface area contributed by atoms with Gasteiger partial charge < -0.3 is 9.47 Å². The predicted molar refractivity (Wildman–Crippen MR) is 132 cm³/mol. The maximum absolute atomic E-state index is 13.4. The van der Waals surface area contributed by atoms with Crippen molar-refractivity contribution in [2.45, 2.75) is 51.4 Å². The van der Waals surface area contributed by atoms with Gasteiger partial charge >= 0.3 is 5.97 Å². The minimum Gasteiger partial charge on any atom is -0.465 e. The first kappa shape index (κ1) is 24.2. The number of rotatable bonds is 7. The molecule has 0 aliphatic carbocycles. The second-order valence-corrected chi connectivity index (χ2v) is 9.60. The van der Waals surface area contributed by atoms with Crippen molar-refractivity contribution in [2.75, 3.05) is 19.5 Å². The van der Waals surface area contributed by atoms with Gasteiger partial charge in [0.1, 0.15) is 0 Å². The standard InChI is InChI=1S/C26H28N2O5S/c1-15-10-16(2)23(17(3)11-15)22(29)14-34-26-27-21-12-18(25(31)32-4)7-8-20(21)24(30)28(26)13-19-6-5-9-33-19/h7-8,10-12,19H,5-6,9,13-14H2,1-4H3/t19-/m1/s1. The van der Waals surface area contributed by atoms with Gasteiger partial charge in [-0.15, -0.1) is 0 Å². The number of ether oxygens (including phenoxy) is 2. The summed E-state index contributed by atoms with van der Waals surface area (Å²) in [6.45, 7) is 6.94. The maximum Gasteiger partial charge on any atom is 0.337 e. The van der Waals surface area contributed by atoms with E-state index in [9.17, 15) is 14.4 Å². The number of ketones is 1. The number of aryl methyl sites for hydroxylation is 3.